The lowest BCUT2D eigenvalue weighted by molar-refractivity contribution is 0.698. The summed E-state index contributed by atoms with van der Waals surface area (Å²) in [6.07, 6.45) is 3.27. The molecule has 0 saturated heterocycles. The molecule has 0 radical (unpaired) electrons. The van der Waals surface area contributed by atoms with Gasteiger partial charge in [0.05, 0.1) is 5.69 Å². The van der Waals surface area contributed by atoms with E-state index in [2.05, 4.69) is 76.2 Å². The van der Waals surface area contributed by atoms with Crippen molar-refractivity contribution in [2.24, 2.45) is 5.92 Å². The number of nitrogens with zero attached hydrogens (tertiary/aromatic N) is 1. The monoisotopic (exact) mass is 327 g/mol. The van der Waals surface area contributed by atoms with Crippen molar-refractivity contribution in [2.75, 3.05) is 0 Å². The largest absolute Gasteiger partial charge is 0.256 e. The SMILES string of the molecule is Cc1cc(C)c(C2(C)CC2C)c(-c2ccc(-c3ccccc3)cn2)c1. The van der Waals surface area contributed by atoms with E-state index < -0.39 is 0 Å². The normalized spacial score (nSPS) is 22.0. The summed E-state index contributed by atoms with van der Waals surface area (Å²) < 4.78 is 0. The van der Waals surface area contributed by atoms with Crippen LogP contribution in [0.15, 0.2) is 60.8 Å². The Kier molecular flexibility index (Phi) is 3.76. The van der Waals surface area contributed by atoms with Crippen molar-refractivity contribution in [1.82, 2.24) is 4.98 Å². The molecule has 0 spiro atoms. The van der Waals surface area contributed by atoms with E-state index in [1.807, 2.05) is 12.3 Å². The van der Waals surface area contributed by atoms with Gasteiger partial charge in [-0.25, -0.2) is 0 Å². The number of aromatic nitrogens is 1. The second-order valence-electron chi connectivity index (χ2n) is 7.83. The fraction of sp³-hybridized carbons (Fsp3) is 0.292. The summed E-state index contributed by atoms with van der Waals surface area (Å²) >= 11 is 0. The van der Waals surface area contributed by atoms with E-state index >= 15 is 0 Å². The summed E-state index contributed by atoms with van der Waals surface area (Å²) in [4.78, 5) is 4.83. The zero-order valence-corrected chi connectivity index (χ0v) is 15.5. The van der Waals surface area contributed by atoms with E-state index in [4.69, 9.17) is 4.98 Å². The molecule has 2 aromatic carbocycles. The van der Waals surface area contributed by atoms with Crippen LogP contribution in [0.1, 0.15) is 37.0 Å². The van der Waals surface area contributed by atoms with Crippen LogP contribution in [0.2, 0.25) is 0 Å². The van der Waals surface area contributed by atoms with Crippen LogP contribution in [0.3, 0.4) is 0 Å². The van der Waals surface area contributed by atoms with Crippen LogP contribution >= 0.6 is 0 Å². The summed E-state index contributed by atoms with van der Waals surface area (Å²) in [7, 11) is 0. The number of hydrogen-bond donors (Lipinski definition) is 0. The minimum atomic E-state index is 0.299. The molecule has 2 unspecified atom stereocenters. The van der Waals surface area contributed by atoms with Gasteiger partial charge in [0.15, 0.2) is 0 Å². The first kappa shape index (κ1) is 16.1. The molecule has 0 amide bonds. The molecule has 1 aliphatic rings. The van der Waals surface area contributed by atoms with Gasteiger partial charge in [0, 0.05) is 17.3 Å². The lowest BCUT2D eigenvalue weighted by Gasteiger charge is -2.20. The van der Waals surface area contributed by atoms with E-state index in [1.54, 1.807) is 0 Å². The van der Waals surface area contributed by atoms with Gasteiger partial charge < -0.3 is 0 Å². The van der Waals surface area contributed by atoms with E-state index in [0.29, 0.717) is 5.41 Å². The molecule has 1 aromatic heterocycles. The van der Waals surface area contributed by atoms with E-state index in [9.17, 15) is 0 Å². The predicted octanol–water partition coefficient (Wildman–Crippen LogP) is 6.33. The van der Waals surface area contributed by atoms with Gasteiger partial charge in [0.1, 0.15) is 0 Å². The van der Waals surface area contributed by atoms with E-state index in [-0.39, 0.29) is 0 Å². The fourth-order valence-electron chi connectivity index (χ4n) is 4.21. The third kappa shape index (κ3) is 2.78. The number of benzene rings is 2. The van der Waals surface area contributed by atoms with Crippen LogP contribution in [0.4, 0.5) is 0 Å². The molecule has 1 aliphatic carbocycles. The first-order chi connectivity index (χ1) is 12.0. The lowest BCUT2D eigenvalue weighted by atomic mass is 9.85. The standard InChI is InChI=1S/C24H25N/c1-16-12-17(2)23(24(4)14-18(24)3)21(13-16)22-11-10-20(15-25-22)19-8-6-5-7-9-19/h5-13,15,18H,14H2,1-4H3. The van der Waals surface area contributed by atoms with Gasteiger partial charge in [0.2, 0.25) is 0 Å². The molecular weight excluding hydrogens is 302 g/mol. The van der Waals surface area contributed by atoms with Gasteiger partial charge in [-0.2, -0.15) is 0 Å². The minimum Gasteiger partial charge on any atom is -0.256 e. The van der Waals surface area contributed by atoms with Crippen molar-refractivity contribution >= 4 is 0 Å². The summed E-state index contributed by atoms with van der Waals surface area (Å²) in [5.74, 6) is 0.747. The van der Waals surface area contributed by atoms with Crippen molar-refractivity contribution in [3.8, 4) is 22.4 Å². The van der Waals surface area contributed by atoms with Crippen molar-refractivity contribution in [2.45, 2.75) is 39.5 Å². The van der Waals surface area contributed by atoms with Crippen molar-refractivity contribution < 1.29 is 0 Å². The highest BCUT2D eigenvalue weighted by Crippen LogP contribution is 2.56. The molecule has 3 aromatic rings. The number of aryl methyl sites for hydroxylation is 2. The molecule has 1 fully saturated rings. The average molecular weight is 327 g/mol. The van der Waals surface area contributed by atoms with Crippen LogP contribution in [-0.2, 0) is 5.41 Å². The Morgan fingerprint density at radius 3 is 2.28 bits per heavy atom. The van der Waals surface area contributed by atoms with Crippen molar-refractivity contribution in [1.29, 1.82) is 0 Å². The molecule has 1 nitrogen and oxygen atoms in total. The molecule has 4 rings (SSSR count). The van der Waals surface area contributed by atoms with Gasteiger partial charge in [-0.1, -0.05) is 61.9 Å². The number of hydrogen-bond acceptors (Lipinski definition) is 1. The number of rotatable bonds is 3. The quantitative estimate of drug-likeness (QED) is 0.548. The van der Waals surface area contributed by atoms with Gasteiger partial charge in [-0.15, -0.1) is 0 Å². The van der Waals surface area contributed by atoms with Crippen LogP contribution in [0.5, 0.6) is 0 Å². The molecule has 25 heavy (non-hydrogen) atoms. The summed E-state index contributed by atoms with van der Waals surface area (Å²) in [5, 5.41) is 0. The predicted molar refractivity (Wildman–Crippen MR) is 106 cm³/mol. The Morgan fingerprint density at radius 2 is 1.68 bits per heavy atom. The molecule has 0 bridgehead atoms. The molecule has 1 saturated carbocycles. The Labute approximate surface area is 150 Å². The minimum absolute atomic E-state index is 0.299. The van der Waals surface area contributed by atoms with E-state index in [0.717, 1.165) is 11.6 Å². The highest BCUT2D eigenvalue weighted by molar-refractivity contribution is 5.72. The molecule has 2 atom stereocenters. The van der Waals surface area contributed by atoms with E-state index in [1.165, 1.54) is 39.8 Å². The van der Waals surface area contributed by atoms with Gasteiger partial charge >= 0.3 is 0 Å². The fourth-order valence-corrected chi connectivity index (χ4v) is 4.21. The maximum Gasteiger partial charge on any atom is 0.0705 e. The number of pyridine rings is 1. The smallest absolute Gasteiger partial charge is 0.0705 e. The van der Waals surface area contributed by atoms with Crippen LogP contribution in [0, 0.1) is 19.8 Å². The summed E-state index contributed by atoms with van der Waals surface area (Å²) in [5.41, 5.74) is 9.27. The molecule has 0 N–H and O–H groups in total. The third-order valence-corrected chi connectivity index (χ3v) is 5.86. The Morgan fingerprint density at radius 1 is 0.960 bits per heavy atom. The molecule has 1 heteroatoms. The average Bonchev–Trinajstić information content (AvgIpc) is 3.22. The Hall–Kier alpha value is -2.41. The highest BCUT2D eigenvalue weighted by atomic mass is 14.7. The maximum absolute atomic E-state index is 4.83. The highest BCUT2D eigenvalue weighted by Gasteiger charge is 2.49. The first-order valence-electron chi connectivity index (χ1n) is 9.12. The van der Waals surface area contributed by atoms with Gasteiger partial charge in [-0.05, 0) is 60.4 Å². The summed E-state index contributed by atoms with van der Waals surface area (Å²) in [6, 6.07) is 19.4. The van der Waals surface area contributed by atoms with Crippen LogP contribution in [0.25, 0.3) is 22.4 Å². The molecule has 126 valence electrons. The van der Waals surface area contributed by atoms with Crippen LogP contribution in [-0.4, -0.2) is 4.98 Å². The van der Waals surface area contributed by atoms with Gasteiger partial charge in [-0.3, -0.25) is 4.98 Å². The van der Waals surface area contributed by atoms with Crippen molar-refractivity contribution in [3.63, 3.8) is 0 Å². The Balaban J connectivity index is 1.80. The molecule has 0 aliphatic heterocycles. The zero-order valence-electron chi connectivity index (χ0n) is 15.5. The zero-order chi connectivity index (χ0) is 17.6. The third-order valence-electron chi connectivity index (χ3n) is 5.86. The molecule has 1 heterocycles. The topological polar surface area (TPSA) is 12.9 Å². The maximum atomic E-state index is 4.83. The second kappa shape index (κ2) is 5.84. The van der Waals surface area contributed by atoms with Gasteiger partial charge in [0.25, 0.3) is 0 Å². The first-order valence-corrected chi connectivity index (χ1v) is 9.12. The molecular formula is C24H25N. The Bertz CT molecular complexity index is 909. The second-order valence-corrected chi connectivity index (χ2v) is 7.83. The van der Waals surface area contributed by atoms with Crippen LogP contribution < -0.4 is 0 Å². The lowest BCUT2D eigenvalue weighted by Crippen LogP contribution is -2.09. The summed E-state index contributed by atoms with van der Waals surface area (Å²) in [6.45, 7) is 9.18. The van der Waals surface area contributed by atoms with Crippen molar-refractivity contribution in [3.05, 3.63) is 77.5 Å².